The molecule has 0 spiro atoms. The average Bonchev–Trinajstić information content (AvgIpc) is 2.32. The van der Waals surface area contributed by atoms with Gasteiger partial charge in [0, 0.05) is 11.1 Å². The fraction of sp³-hybridized carbons (Fsp3) is 0.462. The summed E-state index contributed by atoms with van der Waals surface area (Å²) < 4.78 is 11.3. The Morgan fingerprint density at radius 1 is 1.35 bits per heavy atom. The molecule has 94 valence electrons. The summed E-state index contributed by atoms with van der Waals surface area (Å²) in [4.78, 5) is 11.8. The van der Waals surface area contributed by atoms with Crippen molar-refractivity contribution in [2.24, 2.45) is 0 Å². The predicted octanol–water partition coefficient (Wildman–Crippen LogP) is 3.13. The Hall–Kier alpha value is -0.870. The van der Waals surface area contributed by atoms with Crippen LogP contribution in [-0.4, -0.2) is 25.8 Å². The SMILES string of the molecule is CCO[C@H](C)[C@@H](C(=O)OC)c1ccc(Br)cc1. The number of ether oxygens (including phenoxy) is 2. The van der Waals surface area contributed by atoms with Gasteiger partial charge in [-0.25, -0.2) is 0 Å². The second-order valence-electron chi connectivity index (χ2n) is 3.71. The van der Waals surface area contributed by atoms with E-state index in [2.05, 4.69) is 15.9 Å². The molecule has 0 amide bonds. The molecule has 1 aromatic rings. The maximum absolute atomic E-state index is 11.8. The number of carbonyl (C=O) groups is 1. The smallest absolute Gasteiger partial charge is 0.315 e. The van der Waals surface area contributed by atoms with Crippen LogP contribution in [0.2, 0.25) is 0 Å². The van der Waals surface area contributed by atoms with Gasteiger partial charge >= 0.3 is 5.97 Å². The minimum atomic E-state index is -0.381. The van der Waals surface area contributed by atoms with Crippen molar-refractivity contribution in [3.8, 4) is 0 Å². The number of benzene rings is 1. The first kappa shape index (κ1) is 14.2. The highest BCUT2D eigenvalue weighted by Crippen LogP contribution is 2.25. The molecule has 17 heavy (non-hydrogen) atoms. The average molecular weight is 301 g/mol. The lowest BCUT2D eigenvalue weighted by Gasteiger charge is -2.22. The maximum atomic E-state index is 11.8. The number of methoxy groups -OCH3 is 1. The van der Waals surface area contributed by atoms with E-state index < -0.39 is 0 Å². The van der Waals surface area contributed by atoms with E-state index in [9.17, 15) is 4.79 Å². The summed E-state index contributed by atoms with van der Waals surface area (Å²) in [5.41, 5.74) is 0.904. The van der Waals surface area contributed by atoms with Crippen LogP contribution in [0.3, 0.4) is 0 Å². The van der Waals surface area contributed by atoms with Crippen LogP contribution in [0.15, 0.2) is 28.7 Å². The molecular formula is C13H17BrO3. The molecule has 0 aromatic heterocycles. The Balaban J connectivity index is 2.97. The first-order valence-electron chi connectivity index (χ1n) is 5.55. The van der Waals surface area contributed by atoms with E-state index in [0.29, 0.717) is 6.61 Å². The van der Waals surface area contributed by atoms with Gasteiger partial charge in [-0.2, -0.15) is 0 Å². The Bertz CT molecular complexity index is 361. The highest BCUT2D eigenvalue weighted by Gasteiger charge is 2.28. The molecule has 2 atom stereocenters. The fourth-order valence-electron chi connectivity index (χ4n) is 1.75. The van der Waals surface area contributed by atoms with Crippen LogP contribution in [0.25, 0.3) is 0 Å². The third-order valence-corrected chi connectivity index (χ3v) is 3.11. The van der Waals surface area contributed by atoms with Crippen molar-refractivity contribution in [1.29, 1.82) is 0 Å². The summed E-state index contributed by atoms with van der Waals surface area (Å²) in [7, 11) is 1.40. The molecule has 0 fully saturated rings. The van der Waals surface area contributed by atoms with Gasteiger partial charge in [-0.1, -0.05) is 28.1 Å². The Morgan fingerprint density at radius 3 is 2.41 bits per heavy atom. The molecule has 0 N–H and O–H groups in total. The number of carbonyl (C=O) groups excluding carboxylic acids is 1. The second kappa shape index (κ2) is 6.77. The number of esters is 1. The first-order valence-corrected chi connectivity index (χ1v) is 6.34. The minimum absolute atomic E-state index is 0.200. The molecule has 0 aliphatic carbocycles. The van der Waals surface area contributed by atoms with Crippen molar-refractivity contribution in [1.82, 2.24) is 0 Å². The molecule has 0 heterocycles. The molecule has 0 saturated heterocycles. The summed E-state index contributed by atoms with van der Waals surface area (Å²) >= 11 is 3.37. The molecule has 0 radical (unpaired) electrons. The lowest BCUT2D eigenvalue weighted by Crippen LogP contribution is -2.27. The lowest BCUT2D eigenvalue weighted by molar-refractivity contribution is -0.146. The molecule has 0 saturated carbocycles. The molecule has 4 heteroatoms. The van der Waals surface area contributed by atoms with E-state index in [4.69, 9.17) is 9.47 Å². The van der Waals surface area contributed by atoms with E-state index in [0.717, 1.165) is 10.0 Å². The van der Waals surface area contributed by atoms with Gasteiger partial charge in [0.1, 0.15) is 5.92 Å². The molecule has 0 aliphatic heterocycles. The highest BCUT2D eigenvalue weighted by molar-refractivity contribution is 9.10. The summed E-state index contributed by atoms with van der Waals surface area (Å²) in [5.74, 6) is -0.652. The van der Waals surface area contributed by atoms with Crippen molar-refractivity contribution in [2.75, 3.05) is 13.7 Å². The van der Waals surface area contributed by atoms with Crippen LogP contribution in [0.1, 0.15) is 25.3 Å². The maximum Gasteiger partial charge on any atom is 0.315 e. The Labute approximate surface area is 110 Å². The van der Waals surface area contributed by atoms with Crippen molar-refractivity contribution >= 4 is 21.9 Å². The van der Waals surface area contributed by atoms with Gasteiger partial charge in [0.15, 0.2) is 0 Å². The Kier molecular flexibility index (Phi) is 5.65. The first-order chi connectivity index (χ1) is 8.10. The number of halogens is 1. The molecule has 0 unspecified atom stereocenters. The lowest BCUT2D eigenvalue weighted by atomic mass is 9.94. The molecule has 1 rings (SSSR count). The van der Waals surface area contributed by atoms with Gasteiger partial charge in [0.05, 0.1) is 13.2 Å². The van der Waals surface area contributed by atoms with Crippen molar-refractivity contribution in [2.45, 2.75) is 25.9 Å². The molecule has 0 aliphatic rings. The normalized spacial score (nSPS) is 14.1. The summed E-state index contributed by atoms with van der Waals surface area (Å²) in [6.45, 7) is 4.37. The topological polar surface area (TPSA) is 35.5 Å². The van der Waals surface area contributed by atoms with Gasteiger partial charge in [-0.05, 0) is 31.5 Å². The van der Waals surface area contributed by atoms with Gasteiger partial charge in [0.2, 0.25) is 0 Å². The highest BCUT2D eigenvalue weighted by atomic mass is 79.9. The standard InChI is InChI=1S/C13H17BrO3/c1-4-17-9(2)12(13(15)16-3)10-5-7-11(14)8-6-10/h5-9,12H,4H2,1-3H3/t9-,12-/m1/s1. The van der Waals surface area contributed by atoms with Crippen molar-refractivity contribution in [3.05, 3.63) is 34.3 Å². The zero-order valence-electron chi connectivity index (χ0n) is 10.3. The van der Waals surface area contributed by atoms with Crippen LogP contribution in [0.5, 0.6) is 0 Å². The minimum Gasteiger partial charge on any atom is -0.468 e. The van der Waals surface area contributed by atoms with E-state index >= 15 is 0 Å². The molecule has 0 bridgehead atoms. The molecule has 1 aromatic carbocycles. The summed E-state index contributed by atoms with van der Waals surface area (Å²) in [5, 5.41) is 0. The molecule has 3 nitrogen and oxygen atoms in total. The summed E-state index contributed by atoms with van der Waals surface area (Å²) in [6.07, 6.45) is -0.200. The second-order valence-corrected chi connectivity index (χ2v) is 4.63. The zero-order chi connectivity index (χ0) is 12.8. The van der Waals surface area contributed by atoms with Crippen molar-refractivity contribution in [3.63, 3.8) is 0 Å². The quantitative estimate of drug-likeness (QED) is 0.784. The number of rotatable bonds is 5. The van der Waals surface area contributed by atoms with E-state index in [-0.39, 0.29) is 18.0 Å². The van der Waals surface area contributed by atoms with Crippen LogP contribution < -0.4 is 0 Å². The van der Waals surface area contributed by atoms with E-state index in [1.807, 2.05) is 38.1 Å². The monoisotopic (exact) mass is 300 g/mol. The van der Waals surface area contributed by atoms with Gasteiger partial charge < -0.3 is 9.47 Å². The van der Waals surface area contributed by atoms with E-state index in [1.54, 1.807) is 0 Å². The van der Waals surface area contributed by atoms with Crippen molar-refractivity contribution < 1.29 is 14.3 Å². The third kappa shape index (κ3) is 3.82. The van der Waals surface area contributed by atoms with Crippen LogP contribution in [0, 0.1) is 0 Å². The Morgan fingerprint density at radius 2 is 1.94 bits per heavy atom. The van der Waals surface area contributed by atoms with Crippen LogP contribution in [0.4, 0.5) is 0 Å². The predicted molar refractivity (Wildman–Crippen MR) is 70.0 cm³/mol. The fourth-order valence-corrected chi connectivity index (χ4v) is 2.02. The third-order valence-electron chi connectivity index (χ3n) is 2.58. The largest absolute Gasteiger partial charge is 0.468 e. The van der Waals surface area contributed by atoms with Crippen LogP contribution >= 0.6 is 15.9 Å². The summed E-state index contributed by atoms with van der Waals surface area (Å²) in [6, 6.07) is 7.62. The number of hydrogen-bond donors (Lipinski definition) is 0. The van der Waals surface area contributed by atoms with Gasteiger partial charge in [-0.3, -0.25) is 4.79 Å². The van der Waals surface area contributed by atoms with Gasteiger partial charge in [0.25, 0.3) is 0 Å². The zero-order valence-corrected chi connectivity index (χ0v) is 11.9. The number of hydrogen-bond acceptors (Lipinski definition) is 3. The van der Waals surface area contributed by atoms with Gasteiger partial charge in [-0.15, -0.1) is 0 Å². The molecular weight excluding hydrogens is 284 g/mol. The van der Waals surface area contributed by atoms with Crippen LogP contribution in [-0.2, 0) is 14.3 Å². The van der Waals surface area contributed by atoms with E-state index in [1.165, 1.54) is 7.11 Å².